The van der Waals surface area contributed by atoms with Crippen molar-refractivity contribution in [1.82, 2.24) is 0 Å². The molecule has 16 rings (SSSR count). The predicted octanol–water partition coefficient (Wildman–Crippen LogP) is 5.53. The fourth-order valence-corrected chi connectivity index (χ4v) is 17.3. The van der Waals surface area contributed by atoms with Gasteiger partial charge in [0.05, 0.1) is 53.2 Å². The van der Waals surface area contributed by atoms with Gasteiger partial charge in [0, 0.05) is 43.1 Å². The minimum Gasteiger partial charge on any atom is -0.744 e. The zero-order chi connectivity index (χ0) is 76.6. The molecule has 0 fully saturated rings. The molecular formula is C82H58N2Na4O20S4. The molecule has 544 valence electrons. The third-order valence-electron chi connectivity index (χ3n) is 20.1. The van der Waals surface area contributed by atoms with E-state index in [4.69, 9.17) is 18.9 Å². The van der Waals surface area contributed by atoms with Gasteiger partial charge >= 0.3 is 118 Å². The van der Waals surface area contributed by atoms with Crippen LogP contribution in [0.5, 0.6) is 46.0 Å². The maximum atomic E-state index is 16.1. The van der Waals surface area contributed by atoms with E-state index in [0.29, 0.717) is 65.9 Å². The number of rotatable bonds is 18. The molecule has 0 saturated heterocycles. The van der Waals surface area contributed by atoms with Crippen molar-refractivity contribution in [3.8, 4) is 46.0 Å². The molecule has 2 heterocycles. The van der Waals surface area contributed by atoms with Crippen LogP contribution in [0, 0.1) is 0 Å². The Balaban J connectivity index is 0.00000291. The second kappa shape index (κ2) is 30.6. The molecule has 2 aliphatic heterocycles. The van der Waals surface area contributed by atoms with E-state index in [2.05, 4.69) is 0 Å². The van der Waals surface area contributed by atoms with Crippen LogP contribution in [0.1, 0.15) is 143 Å². The number of carbonyl (C=O) groups excluding carboxylic acids is 4. The summed E-state index contributed by atoms with van der Waals surface area (Å²) in [6.45, 7) is 15.4. The van der Waals surface area contributed by atoms with Crippen molar-refractivity contribution in [2.45, 2.75) is 98.6 Å². The summed E-state index contributed by atoms with van der Waals surface area (Å²) in [7, 11) is -20.0. The van der Waals surface area contributed by atoms with E-state index in [9.17, 15) is 51.9 Å². The summed E-state index contributed by atoms with van der Waals surface area (Å²) in [6, 6.07) is 42.3. The zero-order valence-electron chi connectivity index (χ0n) is 62.3. The molecule has 30 heteroatoms. The first-order chi connectivity index (χ1) is 51.1. The smallest absolute Gasteiger partial charge is 0.744 e. The fraction of sp³-hybridized carbons (Fsp3) is 0.146. The minimum atomic E-state index is -5.00. The number of carbonyl (C=O) groups is 4. The van der Waals surface area contributed by atoms with Gasteiger partial charge in [-0.15, -0.1) is 0 Å². The first kappa shape index (κ1) is 84.0. The van der Waals surface area contributed by atoms with Gasteiger partial charge in [-0.2, -0.15) is 0 Å². The molecule has 0 spiro atoms. The van der Waals surface area contributed by atoms with Crippen LogP contribution in [-0.2, 0) is 40.5 Å². The van der Waals surface area contributed by atoms with Crippen molar-refractivity contribution < 1.29 is 208 Å². The molecule has 0 radical (unpaired) electrons. The number of hydrogen-bond acceptors (Lipinski definition) is 20. The predicted molar refractivity (Wildman–Crippen MR) is 401 cm³/mol. The Bertz CT molecular complexity index is 6030. The molecule has 0 unspecified atom stereocenters. The van der Waals surface area contributed by atoms with Crippen LogP contribution >= 0.6 is 0 Å². The molecule has 22 nitrogen and oxygen atoms in total. The summed E-state index contributed by atoms with van der Waals surface area (Å²) in [4.78, 5) is 64.5. The molecule has 14 aromatic rings. The fourth-order valence-electron chi connectivity index (χ4n) is 15.4. The second-order valence-electron chi connectivity index (χ2n) is 28.0. The van der Waals surface area contributed by atoms with E-state index >= 15 is 19.2 Å². The molecule has 0 N–H and O–H groups in total. The van der Waals surface area contributed by atoms with E-state index in [1.54, 1.807) is 24.3 Å². The number of anilines is 2. The van der Waals surface area contributed by atoms with E-state index in [1.165, 1.54) is 72.8 Å². The van der Waals surface area contributed by atoms with Gasteiger partial charge < -0.3 is 37.2 Å². The quantitative estimate of drug-likeness (QED) is 0.0335. The minimum absolute atomic E-state index is 0. The molecule has 0 aliphatic carbocycles. The third kappa shape index (κ3) is 14.0. The average Bonchev–Trinajstić information content (AvgIpc) is 0.670. The molecule has 0 aromatic heterocycles. The van der Waals surface area contributed by atoms with Gasteiger partial charge in [-0.25, -0.2) is 43.5 Å². The van der Waals surface area contributed by atoms with Crippen LogP contribution in [0.2, 0.25) is 0 Å². The zero-order valence-corrected chi connectivity index (χ0v) is 73.6. The van der Waals surface area contributed by atoms with Crippen molar-refractivity contribution in [3.63, 3.8) is 0 Å². The molecule has 4 amide bonds. The molecule has 0 saturated carbocycles. The first-order valence-electron chi connectivity index (χ1n) is 34.0. The number of ether oxygens (including phenoxy) is 4. The molecule has 2 aliphatic rings. The molecule has 112 heavy (non-hydrogen) atoms. The number of para-hydroxylation sites is 2. The van der Waals surface area contributed by atoms with Crippen LogP contribution in [0.3, 0.4) is 0 Å². The monoisotopic (exact) mass is 1610 g/mol. The third-order valence-corrected chi connectivity index (χ3v) is 23.5. The number of imide groups is 2. The van der Waals surface area contributed by atoms with Gasteiger partial charge in [0.2, 0.25) is 0 Å². The number of nitrogens with zero attached hydrogens (tertiary/aromatic N) is 2. The van der Waals surface area contributed by atoms with Crippen LogP contribution in [0.4, 0.5) is 11.4 Å². The maximum absolute atomic E-state index is 16.1. The van der Waals surface area contributed by atoms with Crippen LogP contribution in [0.15, 0.2) is 202 Å². The van der Waals surface area contributed by atoms with Crippen LogP contribution in [0.25, 0.3) is 75.4 Å². The largest absolute Gasteiger partial charge is 1.00 e. The maximum Gasteiger partial charge on any atom is 1.00 e. The van der Waals surface area contributed by atoms with Crippen molar-refractivity contribution in [3.05, 3.63) is 226 Å². The number of amides is 4. The summed E-state index contributed by atoms with van der Waals surface area (Å²) >= 11 is 0. The Morgan fingerprint density at radius 3 is 0.643 bits per heavy atom. The number of fused-ring (bicyclic) bond motifs is 4. The van der Waals surface area contributed by atoms with E-state index < -0.39 is 83.7 Å². The normalized spacial score (nSPS) is 13.4. The Labute approximate surface area is 731 Å². The molecule has 0 atom stereocenters. The summed E-state index contributed by atoms with van der Waals surface area (Å²) in [6.07, 6.45) is 0. The van der Waals surface area contributed by atoms with Gasteiger partial charge in [-0.1, -0.05) is 116 Å². The molecule has 0 bridgehead atoms. The van der Waals surface area contributed by atoms with E-state index in [0.717, 1.165) is 58.3 Å². The molecular weight excluding hydrogens is 1550 g/mol. The average molecular weight is 1610 g/mol. The number of benzene rings is 14. The summed E-state index contributed by atoms with van der Waals surface area (Å²) < 4.78 is 177. The van der Waals surface area contributed by atoms with Crippen molar-refractivity contribution in [2.24, 2.45) is 0 Å². The Kier molecular flexibility index (Phi) is 23.0. The standard InChI is InChI=1S/C82H62N2O20S4.4Na/c1-39(2)51-11-9-12-52(40(3)4)77(51)83-79(85)59-35-63(101-43-15-23-47(24-16-43)105(89,90)91)71-55-31-33-57-68-58(34-32-56(67(55)68)72-64(36-60(80(83)86)69(59)75(71)72)102-44-17-25-48(26-18-44)106(92,93)94)74-66(104-46-21-29-50(30-22-46)108(98,99)100)38-62-70-61(37-65(73(57)76(70)74)103-45-19-27-49(28-20-45)107(95,96)97)81(87)84(82(62)88)78-53(41(5)6)13-10-14-54(78)42(7)8;;;;/h9-42H,1-8H3,(H,89,90,91)(H,92,93,94)(H,95,96,97)(H,98,99,100);;;;/q;4*+1/p-4. The van der Waals surface area contributed by atoms with Gasteiger partial charge in [-0.05, 0) is 200 Å². The van der Waals surface area contributed by atoms with Crippen molar-refractivity contribution in [1.29, 1.82) is 0 Å². The van der Waals surface area contributed by atoms with Crippen molar-refractivity contribution in [2.75, 3.05) is 9.80 Å². The second-order valence-corrected chi connectivity index (χ2v) is 33.5. The van der Waals surface area contributed by atoms with Gasteiger partial charge in [0.1, 0.15) is 86.5 Å². The molecule has 14 aromatic carbocycles. The Morgan fingerprint density at radius 2 is 0.464 bits per heavy atom. The van der Waals surface area contributed by atoms with Crippen molar-refractivity contribution >= 4 is 151 Å². The van der Waals surface area contributed by atoms with Gasteiger partial charge in [-0.3, -0.25) is 19.2 Å². The Hall–Kier alpha value is -7.46. The topological polar surface area (TPSA) is 340 Å². The van der Waals surface area contributed by atoms with Crippen LogP contribution < -0.4 is 147 Å². The summed E-state index contributed by atoms with van der Waals surface area (Å²) in [5.41, 5.74) is 3.19. The van der Waals surface area contributed by atoms with Gasteiger partial charge in [0.25, 0.3) is 23.6 Å². The van der Waals surface area contributed by atoms with E-state index in [1.807, 2.05) is 91.8 Å². The van der Waals surface area contributed by atoms with E-state index in [-0.39, 0.29) is 253 Å². The first-order valence-corrected chi connectivity index (χ1v) is 39.7. The Morgan fingerprint density at radius 1 is 0.268 bits per heavy atom. The summed E-state index contributed by atoms with van der Waals surface area (Å²) in [5, 5.41) is 3.74. The van der Waals surface area contributed by atoms with Crippen LogP contribution in [-0.4, -0.2) is 75.5 Å². The van der Waals surface area contributed by atoms with Gasteiger partial charge in [0.15, 0.2) is 0 Å². The number of hydrogen-bond donors (Lipinski definition) is 0. The SMILES string of the molecule is CC(C)c1cccc(C(C)C)c1N1C(=O)c2cc(Oc3ccc(S(=O)(=O)[O-])cc3)c3c4ccc5c6c(Oc7ccc(S(=O)(=O)[O-])cc7)cc7c8c(cc(Oc9ccc(S(=O)(=O)[O-])cc9)c(c9ccc(c%10c(Oc%11ccc(S(=O)(=O)[O-])cc%11)cc(c2c3%10)C1=O)c4c59)c86)C(=O)N(c1c(C(C)C)cccc1C(C)C)C7=O.[Na+].[Na+].[Na+].[Na+]. The summed E-state index contributed by atoms with van der Waals surface area (Å²) in [5.74, 6) is -4.32.